The Balaban J connectivity index is 1.75. The third kappa shape index (κ3) is 3.02. The molecule has 4 aromatic carbocycles. The molecule has 0 unspecified atom stereocenters. The SMILES string of the molecule is O=[N+]([O-])c1ccc(S(=O)(=O)NC2(c3ccccc3)c3ccccc3-c3ccccc32)cc1. The van der Waals surface area contributed by atoms with Crippen molar-refractivity contribution in [3.05, 3.63) is 130 Å². The number of hydrogen-bond donors (Lipinski definition) is 1. The number of hydrogen-bond acceptors (Lipinski definition) is 4. The quantitative estimate of drug-likeness (QED) is 0.354. The lowest BCUT2D eigenvalue weighted by Gasteiger charge is -2.33. The van der Waals surface area contributed by atoms with E-state index in [-0.39, 0.29) is 10.6 Å². The van der Waals surface area contributed by atoms with E-state index in [1.807, 2.05) is 78.9 Å². The summed E-state index contributed by atoms with van der Waals surface area (Å²) in [5.41, 5.74) is 3.04. The average molecular weight is 442 g/mol. The summed E-state index contributed by atoms with van der Waals surface area (Å²) in [5, 5.41) is 11.0. The van der Waals surface area contributed by atoms with E-state index in [0.29, 0.717) is 0 Å². The summed E-state index contributed by atoms with van der Waals surface area (Å²) < 4.78 is 30.1. The molecule has 7 heteroatoms. The molecule has 0 fully saturated rings. The summed E-state index contributed by atoms with van der Waals surface area (Å²) in [7, 11) is -4.05. The lowest BCUT2D eigenvalue weighted by atomic mass is 9.82. The van der Waals surface area contributed by atoms with Crippen LogP contribution < -0.4 is 4.72 Å². The maximum Gasteiger partial charge on any atom is 0.269 e. The van der Waals surface area contributed by atoms with Crippen LogP contribution in [0.25, 0.3) is 11.1 Å². The molecule has 4 aromatic rings. The van der Waals surface area contributed by atoms with Crippen molar-refractivity contribution in [2.45, 2.75) is 10.4 Å². The minimum absolute atomic E-state index is 0.0414. The van der Waals surface area contributed by atoms with E-state index in [2.05, 4.69) is 4.72 Å². The number of rotatable bonds is 5. The van der Waals surface area contributed by atoms with Gasteiger partial charge in [0.2, 0.25) is 10.0 Å². The van der Waals surface area contributed by atoms with Gasteiger partial charge in [-0.1, -0.05) is 78.9 Å². The van der Waals surface area contributed by atoms with E-state index in [1.54, 1.807) is 0 Å². The fourth-order valence-corrected chi connectivity index (χ4v) is 5.76. The fraction of sp³-hybridized carbons (Fsp3) is 0.0400. The first-order chi connectivity index (χ1) is 15.4. The number of nitrogens with one attached hydrogen (secondary N) is 1. The second-order valence-electron chi connectivity index (χ2n) is 7.56. The minimum Gasteiger partial charge on any atom is -0.258 e. The van der Waals surface area contributed by atoms with Crippen LogP contribution in [0.3, 0.4) is 0 Å². The molecule has 0 aromatic heterocycles. The molecule has 0 saturated carbocycles. The van der Waals surface area contributed by atoms with Crippen molar-refractivity contribution in [2.75, 3.05) is 0 Å². The second kappa shape index (κ2) is 7.40. The topological polar surface area (TPSA) is 89.3 Å². The fourth-order valence-electron chi connectivity index (χ4n) is 4.41. The standard InChI is InChI=1S/C25H18N2O4S/c28-27(29)19-14-16-20(17-15-19)32(30,31)26-25(18-8-2-1-3-9-18)23-12-6-4-10-21(23)22-11-5-7-13-24(22)25/h1-17,26H. The lowest BCUT2D eigenvalue weighted by Crippen LogP contribution is -2.46. The molecule has 0 amide bonds. The Morgan fingerprint density at radius 2 is 1.19 bits per heavy atom. The van der Waals surface area contributed by atoms with E-state index in [0.717, 1.165) is 27.8 Å². The molecule has 6 nitrogen and oxygen atoms in total. The molecule has 1 aliphatic rings. The monoisotopic (exact) mass is 442 g/mol. The highest BCUT2D eigenvalue weighted by Crippen LogP contribution is 2.51. The average Bonchev–Trinajstić information content (AvgIpc) is 3.10. The van der Waals surface area contributed by atoms with Gasteiger partial charge in [0.1, 0.15) is 5.54 Å². The molecule has 0 saturated heterocycles. The van der Waals surface area contributed by atoms with Gasteiger partial charge in [-0.15, -0.1) is 0 Å². The van der Waals surface area contributed by atoms with Crippen molar-refractivity contribution in [1.29, 1.82) is 0 Å². The highest BCUT2D eigenvalue weighted by molar-refractivity contribution is 7.89. The van der Waals surface area contributed by atoms with Crippen LogP contribution in [-0.2, 0) is 15.6 Å². The molecule has 0 heterocycles. The minimum atomic E-state index is -4.05. The molecule has 0 aliphatic heterocycles. The van der Waals surface area contributed by atoms with Gasteiger partial charge < -0.3 is 0 Å². The molecule has 158 valence electrons. The van der Waals surface area contributed by atoms with E-state index in [9.17, 15) is 18.5 Å². The number of benzene rings is 4. The van der Waals surface area contributed by atoms with Gasteiger partial charge in [-0.25, -0.2) is 8.42 Å². The van der Waals surface area contributed by atoms with E-state index in [1.165, 1.54) is 24.3 Å². The molecular weight excluding hydrogens is 424 g/mol. The van der Waals surface area contributed by atoms with Crippen LogP contribution in [0, 0.1) is 10.1 Å². The largest absolute Gasteiger partial charge is 0.269 e. The predicted molar refractivity (Wildman–Crippen MR) is 122 cm³/mol. The first kappa shape index (κ1) is 20.1. The smallest absolute Gasteiger partial charge is 0.258 e. The molecular formula is C25H18N2O4S. The van der Waals surface area contributed by atoms with Crippen molar-refractivity contribution < 1.29 is 13.3 Å². The molecule has 0 bridgehead atoms. The van der Waals surface area contributed by atoms with Gasteiger partial charge in [0.25, 0.3) is 5.69 Å². The second-order valence-corrected chi connectivity index (χ2v) is 9.25. The summed E-state index contributed by atoms with van der Waals surface area (Å²) in [6.07, 6.45) is 0. The Morgan fingerprint density at radius 1 is 0.688 bits per heavy atom. The maximum absolute atomic E-state index is 13.6. The molecule has 1 N–H and O–H groups in total. The molecule has 1 aliphatic carbocycles. The summed E-state index contributed by atoms with van der Waals surface area (Å²) in [4.78, 5) is 10.4. The van der Waals surface area contributed by atoms with Crippen molar-refractivity contribution in [3.63, 3.8) is 0 Å². The first-order valence-corrected chi connectivity index (χ1v) is 11.5. The van der Waals surface area contributed by atoms with Gasteiger partial charge in [0.05, 0.1) is 9.82 Å². The summed E-state index contributed by atoms with van der Waals surface area (Å²) in [5.74, 6) is 0. The number of nitro groups is 1. The van der Waals surface area contributed by atoms with Crippen LogP contribution in [0.2, 0.25) is 0 Å². The van der Waals surface area contributed by atoms with Gasteiger partial charge >= 0.3 is 0 Å². The van der Waals surface area contributed by atoms with Crippen LogP contribution in [-0.4, -0.2) is 13.3 Å². The Kier molecular flexibility index (Phi) is 4.65. The third-order valence-corrected chi connectivity index (χ3v) is 7.27. The molecule has 32 heavy (non-hydrogen) atoms. The number of sulfonamides is 1. The van der Waals surface area contributed by atoms with E-state index in [4.69, 9.17) is 0 Å². The van der Waals surface area contributed by atoms with Gasteiger partial charge in [-0.3, -0.25) is 10.1 Å². The third-order valence-electron chi connectivity index (χ3n) is 5.80. The van der Waals surface area contributed by atoms with E-state index >= 15 is 0 Å². The summed E-state index contributed by atoms with van der Waals surface area (Å²) in [6, 6.07) is 29.8. The molecule has 0 radical (unpaired) electrons. The van der Waals surface area contributed by atoms with Gasteiger partial charge in [0.15, 0.2) is 0 Å². The van der Waals surface area contributed by atoms with Crippen LogP contribution in [0.1, 0.15) is 16.7 Å². The Bertz CT molecular complexity index is 1390. The maximum atomic E-state index is 13.6. The van der Waals surface area contributed by atoms with Crippen LogP contribution in [0.4, 0.5) is 5.69 Å². The van der Waals surface area contributed by atoms with Crippen LogP contribution >= 0.6 is 0 Å². The number of non-ortho nitro benzene ring substituents is 1. The zero-order valence-electron chi connectivity index (χ0n) is 16.8. The van der Waals surface area contributed by atoms with Crippen molar-refractivity contribution >= 4 is 15.7 Å². The summed E-state index contributed by atoms with van der Waals surface area (Å²) >= 11 is 0. The van der Waals surface area contributed by atoms with Crippen LogP contribution in [0.15, 0.2) is 108 Å². The van der Waals surface area contributed by atoms with Crippen molar-refractivity contribution in [3.8, 4) is 11.1 Å². The van der Waals surface area contributed by atoms with Gasteiger partial charge in [-0.05, 0) is 39.9 Å². The Hall–Kier alpha value is -3.81. The van der Waals surface area contributed by atoms with Gasteiger partial charge in [-0.2, -0.15) is 4.72 Å². The molecule has 0 atom stereocenters. The highest BCUT2D eigenvalue weighted by atomic mass is 32.2. The van der Waals surface area contributed by atoms with Gasteiger partial charge in [0, 0.05) is 12.1 Å². The molecule has 5 rings (SSSR count). The normalized spacial score (nSPS) is 13.9. The highest BCUT2D eigenvalue weighted by Gasteiger charge is 2.47. The zero-order chi connectivity index (χ0) is 22.3. The predicted octanol–water partition coefficient (Wildman–Crippen LogP) is 4.85. The zero-order valence-corrected chi connectivity index (χ0v) is 17.6. The first-order valence-electron chi connectivity index (χ1n) is 9.97. The van der Waals surface area contributed by atoms with Crippen LogP contribution in [0.5, 0.6) is 0 Å². The molecule has 0 spiro atoms. The number of nitro benzene ring substituents is 1. The van der Waals surface area contributed by atoms with Crippen molar-refractivity contribution in [1.82, 2.24) is 4.72 Å². The Labute approximate surface area is 185 Å². The summed E-state index contributed by atoms with van der Waals surface area (Å²) in [6.45, 7) is 0. The van der Waals surface area contributed by atoms with E-state index < -0.39 is 20.5 Å². The number of nitrogens with zero attached hydrogens (tertiary/aromatic N) is 1. The Morgan fingerprint density at radius 3 is 1.72 bits per heavy atom. The van der Waals surface area contributed by atoms with Crippen molar-refractivity contribution in [2.24, 2.45) is 0 Å². The lowest BCUT2D eigenvalue weighted by molar-refractivity contribution is -0.384. The number of fused-ring (bicyclic) bond motifs is 3.